The first kappa shape index (κ1) is 11.8. The number of rotatable bonds is 1. The summed E-state index contributed by atoms with van der Waals surface area (Å²) in [4.78, 5) is 28.2. The average Bonchev–Trinajstić information content (AvgIpc) is 2.84. The van der Waals surface area contributed by atoms with Crippen LogP contribution >= 0.6 is 0 Å². The van der Waals surface area contributed by atoms with Crippen LogP contribution in [0.3, 0.4) is 0 Å². The SMILES string of the molecule is Cn1ccc(C(=O)N2CCc3[nH]c(=O)ccc3C2)c1. The molecule has 0 unspecified atom stereocenters. The van der Waals surface area contributed by atoms with E-state index in [9.17, 15) is 9.59 Å². The molecule has 0 fully saturated rings. The quantitative estimate of drug-likeness (QED) is 0.825. The van der Waals surface area contributed by atoms with Crippen molar-refractivity contribution in [2.45, 2.75) is 13.0 Å². The first-order valence-corrected chi connectivity index (χ1v) is 6.26. The van der Waals surface area contributed by atoms with Gasteiger partial charge in [-0.1, -0.05) is 6.07 Å². The number of fused-ring (bicyclic) bond motifs is 1. The van der Waals surface area contributed by atoms with E-state index in [0.717, 1.165) is 11.3 Å². The molecule has 0 radical (unpaired) electrons. The van der Waals surface area contributed by atoms with Gasteiger partial charge in [0.2, 0.25) is 5.56 Å². The third-order valence-electron chi connectivity index (χ3n) is 3.46. The van der Waals surface area contributed by atoms with Gasteiger partial charge in [-0.25, -0.2) is 0 Å². The van der Waals surface area contributed by atoms with Gasteiger partial charge < -0.3 is 14.5 Å². The minimum Gasteiger partial charge on any atom is -0.356 e. The molecular formula is C14H15N3O2. The maximum atomic E-state index is 12.3. The number of carbonyl (C=O) groups is 1. The van der Waals surface area contributed by atoms with Gasteiger partial charge in [0, 0.05) is 50.7 Å². The number of hydrogen-bond donors (Lipinski definition) is 1. The first-order chi connectivity index (χ1) is 9.13. The Balaban J connectivity index is 1.84. The van der Waals surface area contributed by atoms with Gasteiger partial charge >= 0.3 is 0 Å². The number of amides is 1. The number of carbonyl (C=O) groups excluding carboxylic acids is 1. The van der Waals surface area contributed by atoms with Gasteiger partial charge in [-0.05, 0) is 11.6 Å². The first-order valence-electron chi connectivity index (χ1n) is 6.26. The number of aromatic amines is 1. The molecule has 1 amide bonds. The van der Waals surface area contributed by atoms with Crippen molar-refractivity contribution in [3.8, 4) is 0 Å². The summed E-state index contributed by atoms with van der Waals surface area (Å²) in [5.41, 5.74) is 2.59. The predicted octanol–water partition coefficient (Wildman–Crippen LogP) is 0.912. The average molecular weight is 257 g/mol. The molecule has 2 aromatic rings. The Morgan fingerprint density at radius 1 is 1.32 bits per heavy atom. The van der Waals surface area contributed by atoms with Crippen LogP contribution in [0.5, 0.6) is 0 Å². The van der Waals surface area contributed by atoms with Crippen molar-refractivity contribution in [1.29, 1.82) is 0 Å². The van der Waals surface area contributed by atoms with Crippen LogP contribution in [0.1, 0.15) is 21.6 Å². The number of aromatic nitrogens is 2. The van der Waals surface area contributed by atoms with Gasteiger partial charge in [-0.15, -0.1) is 0 Å². The van der Waals surface area contributed by atoms with Crippen molar-refractivity contribution in [2.75, 3.05) is 6.54 Å². The molecule has 98 valence electrons. The molecule has 0 atom stereocenters. The van der Waals surface area contributed by atoms with E-state index < -0.39 is 0 Å². The van der Waals surface area contributed by atoms with Crippen LogP contribution < -0.4 is 5.56 Å². The van der Waals surface area contributed by atoms with Crippen molar-refractivity contribution in [1.82, 2.24) is 14.5 Å². The Bertz CT molecular complexity index is 684. The summed E-state index contributed by atoms with van der Waals surface area (Å²) in [6, 6.07) is 5.14. The lowest BCUT2D eigenvalue weighted by Crippen LogP contribution is -2.36. The highest BCUT2D eigenvalue weighted by molar-refractivity contribution is 5.94. The highest BCUT2D eigenvalue weighted by atomic mass is 16.2. The zero-order valence-corrected chi connectivity index (χ0v) is 10.7. The van der Waals surface area contributed by atoms with Crippen LogP contribution in [0.2, 0.25) is 0 Å². The van der Waals surface area contributed by atoms with Crippen LogP contribution in [0, 0.1) is 0 Å². The largest absolute Gasteiger partial charge is 0.356 e. The molecule has 1 N–H and O–H groups in total. The zero-order chi connectivity index (χ0) is 13.4. The second-order valence-corrected chi connectivity index (χ2v) is 4.87. The number of H-pyrrole nitrogens is 1. The molecule has 0 spiro atoms. The predicted molar refractivity (Wildman–Crippen MR) is 70.9 cm³/mol. The summed E-state index contributed by atoms with van der Waals surface area (Å²) < 4.78 is 1.86. The number of nitrogens with zero attached hydrogens (tertiary/aromatic N) is 2. The van der Waals surface area contributed by atoms with Gasteiger partial charge in [0.15, 0.2) is 0 Å². The number of aryl methyl sites for hydroxylation is 1. The van der Waals surface area contributed by atoms with Crippen molar-refractivity contribution >= 4 is 5.91 Å². The number of pyridine rings is 1. The van der Waals surface area contributed by atoms with Crippen LogP contribution in [0.4, 0.5) is 0 Å². The second kappa shape index (κ2) is 4.42. The van der Waals surface area contributed by atoms with Gasteiger partial charge in [-0.2, -0.15) is 0 Å². The van der Waals surface area contributed by atoms with Crippen LogP contribution in [-0.4, -0.2) is 26.9 Å². The van der Waals surface area contributed by atoms with Gasteiger partial charge in [0.05, 0.1) is 5.56 Å². The standard InChI is InChI=1S/C14H15N3O2/c1-16-6-4-11(8-16)14(19)17-7-5-12-10(9-17)2-3-13(18)15-12/h2-4,6,8H,5,7,9H2,1H3,(H,15,18). The van der Waals surface area contributed by atoms with E-state index in [1.807, 2.05) is 35.0 Å². The molecule has 5 heteroatoms. The lowest BCUT2D eigenvalue weighted by atomic mass is 10.1. The molecule has 0 bridgehead atoms. The summed E-state index contributed by atoms with van der Waals surface area (Å²) in [5.74, 6) is 0.0393. The third-order valence-corrected chi connectivity index (χ3v) is 3.46. The van der Waals surface area contributed by atoms with Crippen LogP contribution in [0.15, 0.2) is 35.4 Å². The summed E-state index contributed by atoms with van der Waals surface area (Å²) in [6.45, 7) is 1.19. The fourth-order valence-corrected chi connectivity index (χ4v) is 2.44. The van der Waals surface area contributed by atoms with Gasteiger partial charge in [0.25, 0.3) is 5.91 Å². The maximum absolute atomic E-state index is 12.3. The number of hydrogen-bond acceptors (Lipinski definition) is 2. The van der Waals surface area contributed by atoms with Crippen LogP contribution in [-0.2, 0) is 20.0 Å². The summed E-state index contributed by atoms with van der Waals surface area (Å²) >= 11 is 0. The van der Waals surface area contributed by atoms with E-state index in [0.29, 0.717) is 25.1 Å². The molecule has 0 saturated heterocycles. The zero-order valence-electron chi connectivity index (χ0n) is 10.7. The monoisotopic (exact) mass is 257 g/mol. The molecule has 5 nitrogen and oxygen atoms in total. The van der Waals surface area contributed by atoms with E-state index in [2.05, 4.69) is 4.98 Å². The fraction of sp³-hybridized carbons (Fsp3) is 0.286. The van der Waals surface area contributed by atoms with E-state index in [4.69, 9.17) is 0 Å². The smallest absolute Gasteiger partial charge is 0.255 e. The highest BCUT2D eigenvalue weighted by Gasteiger charge is 2.22. The summed E-state index contributed by atoms with van der Waals surface area (Å²) in [6.07, 6.45) is 4.39. The summed E-state index contributed by atoms with van der Waals surface area (Å²) in [7, 11) is 1.90. The Kier molecular flexibility index (Phi) is 2.74. The van der Waals surface area contributed by atoms with Crippen molar-refractivity contribution in [3.05, 3.63) is 57.8 Å². The lowest BCUT2D eigenvalue weighted by molar-refractivity contribution is 0.0733. The van der Waals surface area contributed by atoms with Gasteiger partial charge in [0.1, 0.15) is 0 Å². The Labute approximate surface area is 110 Å². The molecule has 2 aromatic heterocycles. The van der Waals surface area contributed by atoms with Gasteiger partial charge in [-0.3, -0.25) is 9.59 Å². The van der Waals surface area contributed by atoms with E-state index >= 15 is 0 Å². The molecule has 19 heavy (non-hydrogen) atoms. The Hall–Kier alpha value is -2.30. The van der Waals surface area contributed by atoms with Crippen molar-refractivity contribution in [2.24, 2.45) is 7.05 Å². The molecule has 1 aliphatic rings. The highest BCUT2D eigenvalue weighted by Crippen LogP contribution is 2.17. The third kappa shape index (κ3) is 2.19. The molecule has 0 aromatic carbocycles. The lowest BCUT2D eigenvalue weighted by Gasteiger charge is -2.28. The minimum atomic E-state index is -0.0819. The second-order valence-electron chi connectivity index (χ2n) is 4.87. The molecule has 3 rings (SSSR count). The molecule has 1 aliphatic heterocycles. The molecule has 0 saturated carbocycles. The Morgan fingerprint density at radius 3 is 2.89 bits per heavy atom. The molecule has 0 aliphatic carbocycles. The van der Waals surface area contributed by atoms with E-state index in [1.54, 1.807) is 6.07 Å². The minimum absolute atomic E-state index is 0.0393. The van der Waals surface area contributed by atoms with E-state index in [1.165, 1.54) is 6.07 Å². The molecule has 3 heterocycles. The van der Waals surface area contributed by atoms with Crippen molar-refractivity contribution < 1.29 is 4.79 Å². The maximum Gasteiger partial charge on any atom is 0.255 e. The Morgan fingerprint density at radius 2 is 2.16 bits per heavy atom. The van der Waals surface area contributed by atoms with E-state index in [-0.39, 0.29) is 11.5 Å². The number of nitrogens with one attached hydrogen (secondary N) is 1. The fourth-order valence-electron chi connectivity index (χ4n) is 2.44. The summed E-state index contributed by atoms with van der Waals surface area (Å²) in [5, 5.41) is 0. The topological polar surface area (TPSA) is 58.1 Å². The van der Waals surface area contributed by atoms with Crippen molar-refractivity contribution in [3.63, 3.8) is 0 Å². The van der Waals surface area contributed by atoms with Crippen LogP contribution in [0.25, 0.3) is 0 Å². The molecular weight excluding hydrogens is 242 g/mol. The normalized spacial score (nSPS) is 14.3.